The van der Waals surface area contributed by atoms with Crippen LogP contribution in [0.1, 0.15) is 23.7 Å². The SMILES string of the molecule is CCNC(=O)c1ccc(NC(=O)C2CNC(=O)C2)cc1. The summed E-state index contributed by atoms with van der Waals surface area (Å²) in [6.07, 6.45) is 0.225. The number of nitrogens with one attached hydrogen (secondary N) is 3. The van der Waals surface area contributed by atoms with Gasteiger partial charge in [-0.05, 0) is 31.2 Å². The van der Waals surface area contributed by atoms with Crippen molar-refractivity contribution < 1.29 is 14.4 Å². The lowest BCUT2D eigenvalue weighted by Crippen LogP contribution is -2.25. The van der Waals surface area contributed by atoms with Gasteiger partial charge in [-0.2, -0.15) is 0 Å². The highest BCUT2D eigenvalue weighted by Crippen LogP contribution is 2.14. The second kappa shape index (κ2) is 6.18. The number of anilines is 1. The molecule has 6 heteroatoms. The molecule has 20 heavy (non-hydrogen) atoms. The van der Waals surface area contributed by atoms with Crippen LogP contribution in [0, 0.1) is 5.92 Å². The fourth-order valence-electron chi connectivity index (χ4n) is 2.00. The fourth-order valence-corrected chi connectivity index (χ4v) is 2.00. The molecule has 1 aromatic carbocycles. The first-order valence-corrected chi connectivity index (χ1v) is 6.56. The molecule has 6 nitrogen and oxygen atoms in total. The van der Waals surface area contributed by atoms with Gasteiger partial charge in [0.1, 0.15) is 0 Å². The minimum Gasteiger partial charge on any atom is -0.355 e. The van der Waals surface area contributed by atoms with Crippen LogP contribution in [0.3, 0.4) is 0 Å². The Bertz CT molecular complexity index is 525. The molecule has 1 aliphatic heterocycles. The van der Waals surface area contributed by atoms with Crippen LogP contribution in [0.4, 0.5) is 5.69 Å². The highest BCUT2D eigenvalue weighted by atomic mass is 16.2. The van der Waals surface area contributed by atoms with Crippen LogP contribution in [0.25, 0.3) is 0 Å². The van der Waals surface area contributed by atoms with Crippen molar-refractivity contribution in [1.29, 1.82) is 0 Å². The maximum absolute atomic E-state index is 11.9. The van der Waals surface area contributed by atoms with E-state index < -0.39 is 0 Å². The Hall–Kier alpha value is -2.37. The maximum atomic E-state index is 11.9. The van der Waals surface area contributed by atoms with E-state index in [1.165, 1.54) is 0 Å². The first kappa shape index (κ1) is 14.0. The Morgan fingerprint density at radius 1 is 1.30 bits per heavy atom. The summed E-state index contributed by atoms with van der Waals surface area (Å²) in [7, 11) is 0. The second-order valence-corrected chi connectivity index (χ2v) is 4.63. The Kier molecular flexibility index (Phi) is 4.34. The van der Waals surface area contributed by atoms with Gasteiger partial charge in [-0.3, -0.25) is 14.4 Å². The third-order valence-corrected chi connectivity index (χ3v) is 3.10. The Balaban J connectivity index is 1.95. The van der Waals surface area contributed by atoms with Crippen LogP contribution >= 0.6 is 0 Å². The molecular weight excluding hydrogens is 258 g/mol. The molecule has 0 radical (unpaired) electrons. The minimum absolute atomic E-state index is 0.100. The average molecular weight is 275 g/mol. The van der Waals surface area contributed by atoms with E-state index in [9.17, 15) is 14.4 Å². The summed E-state index contributed by atoms with van der Waals surface area (Å²) in [6, 6.07) is 6.65. The molecule has 1 atom stereocenters. The molecule has 0 aliphatic carbocycles. The monoisotopic (exact) mass is 275 g/mol. The van der Waals surface area contributed by atoms with Crippen molar-refractivity contribution in [1.82, 2.24) is 10.6 Å². The molecule has 0 saturated carbocycles. The molecule has 1 heterocycles. The van der Waals surface area contributed by atoms with Crippen LogP contribution in [0.15, 0.2) is 24.3 Å². The molecule has 1 aromatic rings. The van der Waals surface area contributed by atoms with E-state index in [-0.39, 0.29) is 30.1 Å². The van der Waals surface area contributed by atoms with Crippen LogP contribution in [-0.2, 0) is 9.59 Å². The smallest absolute Gasteiger partial charge is 0.251 e. The third kappa shape index (κ3) is 3.34. The number of hydrogen-bond acceptors (Lipinski definition) is 3. The molecule has 1 fully saturated rings. The largest absolute Gasteiger partial charge is 0.355 e. The molecule has 3 amide bonds. The molecule has 2 rings (SSSR count). The van der Waals surface area contributed by atoms with Crippen molar-refractivity contribution in [2.75, 3.05) is 18.4 Å². The van der Waals surface area contributed by atoms with Crippen molar-refractivity contribution in [3.63, 3.8) is 0 Å². The van der Waals surface area contributed by atoms with E-state index in [2.05, 4.69) is 16.0 Å². The van der Waals surface area contributed by atoms with Crippen molar-refractivity contribution in [2.24, 2.45) is 5.92 Å². The lowest BCUT2D eigenvalue weighted by molar-refractivity contribution is -0.123. The molecule has 1 saturated heterocycles. The van der Waals surface area contributed by atoms with Gasteiger partial charge >= 0.3 is 0 Å². The third-order valence-electron chi connectivity index (χ3n) is 3.10. The molecule has 0 bridgehead atoms. The number of rotatable bonds is 4. The predicted octanol–water partition coefficient (Wildman–Crippen LogP) is 0.511. The Morgan fingerprint density at radius 3 is 2.55 bits per heavy atom. The van der Waals surface area contributed by atoms with Crippen molar-refractivity contribution >= 4 is 23.4 Å². The van der Waals surface area contributed by atoms with Crippen LogP contribution < -0.4 is 16.0 Å². The summed E-state index contributed by atoms with van der Waals surface area (Å²) in [5, 5.41) is 8.06. The summed E-state index contributed by atoms with van der Waals surface area (Å²) < 4.78 is 0. The van der Waals surface area contributed by atoms with Crippen molar-refractivity contribution in [2.45, 2.75) is 13.3 Å². The van der Waals surface area contributed by atoms with Gasteiger partial charge in [-0.25, -0.2) is 0 Å². The van der Waals surface area contributed by atoms with Gasteiger partial charge in [0.25, 0.3) is 5.91 Å². The summed E-state index contributed by atoms with van der Waals surface area (Å²) in [5.74, 6) is -0.757. The van der Waals surface area contributed by atoms with Gasteiger partial charge in [0.2, 0.25) is 11.8 Å². The van der Waals surface area contributed by atoms with E-state index in [1.807, 2.05) is 6.92 Å². The zero-order valence-electron chi connectivity index (χ0n) is 11.2. The first-order chi connectivity index (χ1) is 9.60. The number of amides is 3. The molecule has 0 spiro atoms. The van der Waals surface area contributed by atoms with Crippen molar-refractivity contribution in [3.8, 4) is 0 Å². The molecular formula is C14H17N3O3. The van der Waals surface area contributed by atoms with E-state index in [0.717, 1.165) is 0 Å². The van der Waals surface area contributed by atoms with Crippen LogP contribution in [-0.4, -0.2) is 30.8 Å². The molecule has 3 N–H and O–H groups in total. The minimum atomic E-state index is -0.328. The topological polar surface area (TPSA) is 87.3 Å². The standard InChI is InChI=1S/C14H17N3O3/c1-2-15-13(19)9-3-5-11(6-4-9)17-14(20)10-7-12(18)16-8-10/h3-6,10H,2,7-8H2,1H3,(H,15,19)(H,16,18)(H,17,20). The number of hydrogen-bond donors (Lipinski definition) is 3. The molecule has 1 aliphatic rings. The zero-order valence-corrected chi connectivity index (χ0v) is 11.2. The maximum Gasteiger partial charge on any atom is 0.251 e. The van der Waals surface area contributed by atoms with E-state index in [0.29, 0.717) is 24.3 Å². The average Bonchev–Trinajstić information content (AvgIpc) is 2.86. The summed E-state index contributed by atoms with van der Waals surface area (Å²) in [4.78, 5) is 34.5. The summed E-state index contributed by atoms with van der Waals surface area (Å²) in [5.41, 5.74) is 1.16. The number of benzene rings is 1. The number of carbonyl (C=O) groups excluding carboxylic acids is 3. The Labute approximate surface area is 116 Å². The normalized spacial score (nSPS) is 17.4. The fraction of sp³-hybridized carbons (Fsp3) is 0.357. The zero-order chi connectivity index (χ0) is 14.5. The van der Waals surface area contributed by atoms with Gasteiger partial charge in [-0.15, -0.1) is 0 Å². The quantitative estimate of drug-likeness (QED) is 0.748. The summed E-state index contributed by atoms with van der Waals surface area (Å²) in [6.45, 7) is 2.80. The lowest BCUT2D eigenvalue weighted by Gasteiger charge is -2.09. The highest BCUT2D eigenvalue weighted by Gasteiger charge is 2.27. The van der Waals surface area contributed by atoms with Gasteiger partial charge in [-0.1, -0.05) is 0 Å². The molecule has 0 aromatic heterocycles. The van der Waals surface area contributed by atoms with Gasteiger partial charge in [0.05, 0.1) is 5.92 Å². The Morgan fingerprint density at radius 2 is 2.00 bits per heavy atom. The van der Waals surface area contributed by atoms with E-state index in [4.69, 9.17) is 0 Å². The van der Waals surface area contributed by atoms with Crippen LogP contribution in [0.2, 0.25) is 0 Å². The number of carbonyl (C=O) groups is 3. The predicted molar refractivity (Wildman–Crippen MR) is 74.2 cm³/mol. The van der Waals surface area contributed by atoms with Crippen LogP contribution in [0.5, 0.6) is 0 Å². The molecule has 106 valence electrons. The molecule has 1 unspecified atom stereocenters. The van der Waals surface area contributed by atoms with E-state index in [1.54, 1.807) is 24.3 Å². The first-order valence-electron chi connectivity index (χ1n) is 6.56. The van der Waals surface area contributed by atoms with Gasteiger partial charge in [0.15, 0.2) is 0 Å². The van der Waals surface area contributed by atoms with Crippen molar-refractivity contribution in [3.05, 3.63) is 29.8 Å². The van der Waals surface area contributed by atoms with Gasteiger partial charge < -0.3 is 16.0 Å². The van der Waals surface area contributed by atoms with Gasteiger partial charge in [0, 0.05) is 30.8 Å². The summed E-state index contributed by atoms with van der Waals surface area (Å²) >= 11 is 0. The highest BCUT2D eigenvalue weighted by molar-refractivity contribution is 5.98. The van der Waals surface area contributed by atoms with E-state index >= 15 is 0 Å². The second-order valence-electron chi connectivity index (χ2n) is 4.63. The lowest BCUT2D eigenvalue weighted by atomic mass is 10.1.